The van der Waals surface area contributed by atoms with Crippen LogP contribution in [0.4, 0.5) is 5.82 Å². The van der Waals surface area contributed by atoms with E-state index in [0.717, 1.165) is 18.9 Å². The summed E-state index contributed by atoms with van der Waals surface area (Å²) in [5.74, 6) is -0.179. The molecule has 0 aromatic carbocycles. The summed E-state index contributed by atoms with van der Waals surface area (Å²) in [5.41, 5.74) is 0.209. The van der Waals surface area contributed by atoms with Gasteiger partial charge in [0.1, 0.15) is 5.82 Å². The van der Waals surface area contributed by atoms with Gasteiger partial charge in [-0.3, -0.25) is 0 Å². The van der Waals surface area contributed by atoms with E-state index in [1.165, 1.54) is 6.20 Å². The van der Waals surface area contributed by atoms with Crippen molar-refractivity contribution in [3.05, 3.63) is 23.9 Å². The average Bonchev–Trinajstić information content (AvgIpc) is 2.26. The molecule has 15 heavy (non-hydrogen) atoms. The molecule has 0 radical (unpaired) electrons. The van der Waals surface area contributed by atoms with Gasteiger partial charge in [0.15, 0.2) is 0 Å². The molecule has 0 spiro atoms. The molecule has 82 valence electrons. The van der Waals surface area contributed by atoms with E-state index >= 15 is 0 Å². The zero-order valence-electron chi connectivity index (χ0n) is 8.90. The van der Waals surface area contributed by atoms with Crippen LogP contribution in [0, 0.1) is 0 Å². The maximum absolute atomic E-state index is 10.6. The topological polar surface area (TPSA) is 65.5 Å². The Bertz CT molecular complexity index is 324. The standard InChI is InChI=1S/C10H15N3O2/c1-11-5-6-13(2)9-4-3-8(7-12-9)10(14)15/h3-4,7,11H,5-6H2,1-2H3,(H,14,15). The highest BCUT2D eigenvalue weighted by Crippen LogP contribution is 2.08. The lowest BCUT2D eigenvalue weighted by atomic mass is 10.3. The number of pyridine rings is 1. The van der Waals surface area contributed by atoms with Crippen LogP contribution in [0.25, 0.3) is 0 Å². The Balaban J connectivity index is 2.66. The Morgan fingerprint density at radius 3 is 2.80 bits per heavy atom. The van der Waals surface area contributed by atoms with Gasteiger partial charge in [-0.1, -0.05) is 0 Å². The molecule has 2 N–H and O–H groups in total. The number of nitrogens with zero attached hydrogens (tertiary/aromatic N) is 2. The van der Waals surface area contributed by atoms with Crippen molar-refractivity contribution in [2.24, 2.45) is 0 Å². The highest BCUT2D eigenvalue weighted by Gasteiger charge is 2.05. The number of carboxylic acids is 1. The molecule has 0 amide bonds. The summed E-state index contributed by atoms with van der Waals surface area (Å²) < 4.78 is 0. The quantitative estimate of drug-likeness (QED) is 0.736. The van der Waals surface area contributed by atoms with Gasteiger partial charge in [0.05, 0.1) is 5.56 Å². The molecule has 1 aromatic rings. The normalized spacial score (nSPS) is 10.0. The third-order valence-electron chi connectivity index (χ3n) is 2.08. The molecule has 5 nitrogen and oxygen atoms in total. The fourth-order valence-electron chi connectivity index (χ4n) is 1.13. The van der Waals surface area contributed by atoms with Gasteiger partial charge in [-0.2, -0.15) is 0 Å². The number of carboxylic acid groups (broad SMARTS) is 1. The second-order valence-corrected chi connectivity index (χ2v) is 3.24. The van der Waals surface area contributed by atoms with E-state index in [9.17, 15) is 4.79 Å². The summed E-state index contributed by atoms with van der Waals surface area (Å²) in [5, 5.41) is 11.7. The van der Waals surface area contributed by atoms with E-state index in [4.69, 9.17) is 5.11 Å². The van der Waals surface area contributed by atoms with Crippen molar-refractivity contribution in [2.75, 3.05) is 32.1 Å². The predicted octanol–water partition coefficient (Wildman–Crippen LogP) is 0.435. The summed E-state index contributed by atoms with van der Waals surface area (Å²) in [6, 6.07) is 3.26. The van der Waals surface area contributed by atoms with E-state index in [-0.39, 0.29) is 5.56 Å². The van der Waals surface area contributed by atoms with Crippen LogP contribution in [-0.4, -0.2) is 43.2 Å². The second-order valence-electron chi connectivity index (χ2n) is 3.24. The first kappa shape index (κ1) is 11.5. The zero-order valence-corrected chi connectivity index (χ0v) is 8.90. The van der Waals surface area contributed by atoms with Crippen molar-refractivity contribution in [1.82, 2.24) is 10.3 Å². The Labute approximate surface area is 88.7 Å². The molecule has 0 aliphatic heterocycles. The summed E-state index contributed by atoms with van der Waals surface area (Å²) in [6.07, 6.45) is 1.37. The van der Waals surface area contributed by atoms with E-state index in [0.29, 0.717) is 0 Å². The van der Waals surface area contributed by atoms with Crippen LogP contribution < -0.4 is 10.2 Å². The number of likely N-dealkylation sites (N-methyl/N-ethyl adjacent to an activating group) is 2. The van der Waals surface area contributed by atoms with Gasteiger partial charge in [-0.25, -0.2) is 9.78 Å². The lowest BCUT2D eigenvalue weighted by Gasteiger charge is -2.17. The molecule has 0 saturated heterocycles. The zero-order chi connectivity index (χ0) is 11.3. The molecule has 1 rings (SSSR count). The van der Waals surface area contributed by atoms with Crippen molar-refractivity contribution < 1.29 is 9.90 Å². The fourth-order valence-corrected chi connectivity index (χ4v) is 1.13. The molecule has 5 heteroatoms. The Morgan fingerprint density at radius 2 is 2.33 bits per heavy atom. The summed E-state index contributed by atoms with van der Waals surface area (Å²) in [6.45, 7) is 1.69. The van der Waals surface area contributed by atoms with Crippen LogP contribution in [-0.2, 0) is 0 Å². The summed E-state index contributed by atoms with van der Waals surface area (Å²) in [7, 11) is 3.80. The molecule has 0 bridgehead atoms. The Kier molecular flexibility index (Phi) is 4.05. The lowest BCUT2D eigenvalue weighted by Crippen LogP contribution is -2.27. The third kappa shape index (κ3) is 3.21. The molecule has 0 aliphatic rings. The smallest absolute Gasteiger partial charge is 0.337 e. The van der Waals surface area contributed by atoms with E-state index in [1.54, 1.807) is 12.1 Å². The highest BCUT2D eigenvalue weighted by molar-refractivity contribution is 5.87. The van der Waals surface area contributed by atoms with Crippen LogP contribution in [0.5, 0.6) is 0 Å². The predicted molar refractivity (Wildman–Crippen MR) is 58.4 cm³/mol. The number of aromatic nitrogens is 1. The minimum Gasteiger partial charge on any atom is -0.478 e. The SMILES string of the molecule is CNCCN(C)c1ccc(C(=O)O)cn1. The van der Waals surface area contributed by atoms with Crippen LogP contribution in [0.2, 0.25) is 0 Å². The maximum Gasteiger partial charge on any atom is 0.337 e. The fraction of sp³-hybridized carbons (Fsp3) is 0.400. The van der Waals surface area contributed by atoms with Gasteiger partial charge in [0, 0.05) is 26.3 Å². The minimum atomic E-state index is -0.952. The number of hydrogen-bond donors (Lipinski definition) is 2. The van der Waals surface area contributed by atoms with E-state index < -0.39 is 5.97 Å². The van der Waals surface area contributed by atoms with E-state index in [2.05, 4.69) is 10.3 Å². The van der Waals surface area contributed by atoms with Crippen LogP contribution >= 0.6 is 0 Å². The molecule has 0 aliphatic carbocycles. The molecule has 0 unspecified atom stereocenters. The summed E-state index contributed by atoms with van der Waals surface area (Å²) in [4.78, 5) is 16.6. The first-order valence-electron chi connectivity index (χ1n) is 4.70. The van der Waals surface area contributed by atoms with Crippen molar-refractivity contribution in [1.29, 1.82) is 0 Å². The number of rotatable bonds is 5. The first-order chi connectivity index (χ1) is 7.15. The molecular weight excluding hydrogens is 194 g/mol. The second kappa shape index (κ2) is 5.31. The van der Waals surface area contributed by atoms with Crippen molar-refractivity contribution in [3.8, 4) is 0 Å². The van der Waals surface area contributed by atoms with Gasteiger partial charge in [-0.05, 0) is 19.2 Å². The largest absolute Gasteiger partial charge is 0.478 e. The van der Waals surface area contributed by atoms with Crippen LogP contribution in [0.1, 0.15) is 10.4 Å². The van der Waals surface area contributed by atoms with Crippen LogP contribution in [0.3, 0.4) is 0 Å². The highest BCUT2D eigenvalue weighted by atomic mass is 16.4. The molecule has 0 atom stereocenters. The number of nitrogens with one attached hydrogen (secondary N) is 1. The third-order valence-corrected chi connectivity index (χ3v) is 2.08. The van der Waals surface area contributed by atoms with Gasteiger partial charge in [-0.15, -0.1) is 0 Å². The number of carbonyl (C=O) groups is 1. The molecular formula is C10H15N3O2. The molecule has 1 aromatic heterocycles. The summed E-state index contributed by atoms with van der Waals surface area (Å²) >= 11 is 0. The Hall–Kier alpha value is -1.62. The monoisotopic (exact) mass is 209 g/mol. The number of hydrogen-bond acceptors (Lipinski definition) is 4. The van der Waals surface area contributed by atoms with Crippen molar-refractivity contribution in [2.45, 2.75) is 0 Å². The Morgan fingerprint density at radius 1 is 1.60 bits per heavy atom. The molecule has 0 saturated carbocycles. The average molecular weight is 209 g/mol. The minimum absolute atomic E-state index is 0.209. The van der Waals surface area contributed by atoms with E-state index in [1.807, 2.05) is 19.0 Å². The number of anilines is 1. The van der Waals surface area contributed by atoms with Crippen molar-refractivity contribution >= 4 is 11.8 Å². The van der Waals surface area contributed by atoms with Gasteiger partial charge in [0.25, 0.3) is 0 Å². The number of aromatic carboxylic acids is 1. The maximum atomic E-state index is 10.6. The van der Waals surface area contributed by atoms with Gasteiger partial charge in [0.2, 0.25) is 0 Å². The van der Waals surface area contributed by atoms with Crippen molar-refractivity contribution in [3.63, 3.8) is 0 Å². The van der Waals surface area contributed by atoms with Gasteiger partial charge < -0.3 is 15.3 Å². The lowest BCUT2D eigenvalue weighted by molar-refractivity contribution is 0.0696. The van der Waals surface area contributed by atoms with Gasteiger partial charge >= 0.3 is 5.97 Å². The molecule has 1 heterocycles. The van der Waals surface area contributed by atoms with Crippen LogP contribution in [0.15, 0.2) is 18.3 Å². The first-order valence-corrected chi connectivity index (χ1v) is 4.70. The molecule has 0 fully saturated rings.